The molecule has 1 saturated heterocycles. The average molecular weight is 489 g/mol. The summed E-state index contributed by atoms with van der Waals surface area (Å²) in [5, 5.41) is 4.59. The van der Waals surface area contributed by atoms with Crippen LogP contribution in [0.3, 0.4) is 0 Å². The Bertz CT molecular complexity index is 1240. The SMILES string of the molecule is O=C(Nc1ccc(NC(=O)C2CC(=O)N(Cc3ccco3)C2)c(C(F)(F)F)c1)c1ccc(F)cc1. The molecular formula is C24H19F4N3O4. The van der Waals surface area contributed by atoms with Crippen LogP contribution in [0.15, 0.2) is 65.3 Å². The largest absolute Gasteiger partial charge is 0.467 e. The molecule has 11 heteroatoms. The molecule has 35 heavy (non-hydrogen) atoms. The number of furan rings is 1. The lowest BCUT2D eigenvalue weighted by molar-refractivity contribution is -0.137. The first kappa shape index (κ1) is 24.0. The highest BCUT2D eigenvalue weighted by atomic mass is 19.4. The van der Waals surface area contributed by atoms with Gasteiger partial charge in [-0.2, -0.15) is 13.2 Å². The van der Waals surface area contributed by atoms with E-state index in [1.165, 1.54) is 29.4 Å². The summed E-state index contributed by atoms with van der Waals surface area (Å²) in [4.78, 5) is 38.6. The van der Waals surface area contributed by atoms with Gasteiger partial charge >= 0.3 is 6.18 Å². The van der Waals surface area contributed by atoms with Crippen LogP contribution >= 0.6 is 0 Å². The first-order chi connectivity index (χ1) is 16.6. The van der Waals surface area contributed by atoms with Crippen molar-refractivity contribution < 1.29 is 36.4 Å². The molecule has 1 aliphatic rings. The summed E-state index contributed by atoms with van der Waals surface area (Å²) in [5.74, 6) is -2.64. The zero-order chi connectivity index (χ0) is 25.2. The second-order valence-corrected chi connectivity index (χ2v) is 7.96. The second kappa shape index (κ2) is 9.61. The van der Waals surface area contributed by atoms with Crippen LogP contribution in [-0.2, 0) is 22.3 Å². The van der Waals surface area contributed by atoms with E-state index in [0.29, 0.717) is 11.8 Å². The Morgan fingerprint density at radius 1 is 1.06 bits per heavy atom. The summed E-state index contributed by atoms with van der Waals surface area (Å²) < 4.78 is 59.4. The van der Waals surface area contributed by atoms with E-state index in [1.807, 2.05) is 0 Å². The minimum atomic E-state index is -4.84. The van der Waals surface area contributed by atoms with Gasteiger partial charge in [0.25, 0.3) is 5.91 Å². The number of alkyl halides is 3. The number of nitrogens with one attached hydrogen (secondary N) is 2. The third-order valence-electron chi connectivity index (χ3n) is 5.46. The summed E-state index contributed by atoms with van der Waals surface area (Å²) in [7, 11) is 0. The van der Waals surface area contributed by atoms with Crippen molar-refractivity contribution >= 4 is 29.1 Å². The molecule has 0 aliphatic carbocycles. The van der Waals surface area contributed by atoms with Gasteiger partial charge in [-0.1, -0.05) is 0 Å². The number of anilines is 2. The number of halogens is 4. The molecular weight excluding hydrogens is 470 g/mol. The van der Waals surface area contributed by atoms with Crippen molar-refractivity contribution in [2.45, 2.75) is 19.1 Å². The first-order valence-electron chi connectivity index (χ1n) is 10.5. The summed E-state index contributed by atoms with van der Waals surface area (Å²) in [6, 6.07) is 10.8. The molecule has 4 rings (SSSR count). The fourth-order valence-electron chi connectivity index (χ4n) is 3.70. The zero-order valence-corrected chi connectivity index (χ0v) is 18.1. The Hall–Kier alpha value is -4.15. The zero-order valence-electron chi connectivity index (χ0n) is 18.1. The van der Waals surface area contributed by atoms with Crippen LogP contribution < -0.4 is 10.6 Å². The van der Waals surface area contributed by atoms with Crippen LogP contribution in [0.5, 0.6) is 0 Å². The quantitative estimate of drug-likeness (QED) is 0.492. The van der Waals surface area contributed by atoms with Crippen molar-refractivity contribution in [1.82, 2.24) is 4.90 Å². The van der Waals surface area contributed by atoms with E-state index in [2.05, 4.69) is 10.6 Å². The van der Waals surface area contributed by atoms with Gasteiger partial charge in [-0.3, -0.25) is 14.4 Å². The highest BCUT2D eigenvalue weighted by Crippen LogP contribution is 2.37. The Kier molecular flexibility index (Phi) is 6.59. The van der Waals surface area contributed by atoms with Crippen molar-refractivity contribution in [3.8, 4) is 0 Å². The molecule has 1 fully saturated rings. The smallest absolute Gasteiger partial charge is 0.418 e. The normalized spacial score (nSPS) is 15.8. The molecule has 3 aromatic rings. The van der Waals surface area contributed by atoms with Gasteiger partial charge in [0.1, 0.15) is 11.6 Å². The maximum Gasteiger partial charge on any atom is 0.418 e. The number of likely N-dealkylation sites (tertiary alicyclic amines) is 1. The van der Waals surface area contributed by atoms with Gasteiger partial charge in [0.05, 0.1) is 30.0 Å². The lowest BCUT2D eigenvalue weighted by Crippen LogP contribution is -2.28. The van der Waals surface area contributed by atoms with E-state index < -0.39 is 41.0 Å². The van der Waals surface area contributed by atoms with E-state index in [1.54, 1.807) is 12.1 Å². The fraction of sp³-hybridized carbons (Fsp3) is 0.208. The van der Waals surface area contributed by atoms with E-state index in [9.17, 15) is 31.9 Å². The summed E-state index contributed by atoms with van der Waals surface area (Å²) >= 11 is 0. The van der Waals surface area contributed by atoms with E-state index >= 15 is 0 Å². The molecule has 1 aliphatic heterocycles. The van der Waals surface area contributed by atoms with Crippen molar-refractivity contribution in [3.05, 3.63) is 83.6 Å². The molecule has 7 nitrogen and oxygen atoms in total. The molecule has 1 aromatic heterocycles. The standard InChI is InChI=1S/C24H19F4N3O4/c25-16-5-3-14(4-6-16)22(33)29-17-7-8-20(19(11-17)24(26,27)28)30-23(34)15-10-21(32)31(12-15)13-18-2-1-9-35-18/h1-9,11,15H,10,12-13H2,(H,29,33)(H,30,34). The summed E-state index contributed by atoms with van der Waals surface area (Å²) in [6.45, 7) is 0.199. The number of nitrogens with zero attached hydrogens (tertiary/aromatic N) is 1. The Morgan fingerprint density at radius 3 is 2.46 bits per heavy atom. The molecule has 1 unspecified atom stereocenters. The fourth-order valence-corrected chi connectivity index (χ4v) is 3.70. The minimum absolute atomic E-state index is 0.0402. The maximum atomic E-state index is 13.7. The average Bonchev–Trinajstić information content (AvgIpc) is 3.44. The van der Waals surface area contributed by atoms with Crippen LogP contribution in [0.4, 0.5) is 28.9 Å². The van der Waals surface area contributed by atoms with Gasteiger partial charge < -0.3 is 20.0 Å². The van der Waals surface area contributed by atoms with Crippen molar-refractivity contribution in [3.63, 3.8) is 0 Å². The van der Waals surface area contributed by atoms with Crippen LogP contribution in [0.1, 0.15) is 28.1 Å². The van der Waals surface area contributed by atoms with Crippen molar-refractivity contribution in [2.75, 3.05) is 17.2 Å². The van der Waals surface area contributed by atoms with Crippen LogP contribution in [0.25, 0.3) is 0 Å². The molecule has 182 valence electrons. The Morgan fingerprint density at radius 2 is 1.80 bits per heavy atom. The number of carbonyl (C=O) groups excluding carboxylic acids is 3. The molecule has 0 radical (unpaired) electrons. The molecule has 0 bridgehead atoms. The van der Waals surface area contributed by atoms with Crippen LogP contribution in [-0.4, -0.2) is 29.2 Å². The Balaban J connectivity index is 1.47. The first-order valence-corrected chi connectivity index (χ1v) is 10.5. The molecule has 2 N–H and O–H groups in total. The van der Waals surface area contributed by atoms with Gasteiger partial charge in [-0.15, -0.1) is 0 Å². The van der Waals surface area contributed by atoms with E-state index in [0.717, 1.165) is 18.2 Å². The number of rotatable bonds is 6. The molecule has 2 heterocycles. The highest BCUT2D eigenvalue weighted by Gasteiger charge is 2.38. The highest BCUT2D eigenvalue weighted by molar-refractivity contribution is 6.04. The van der Waals surface area contributed by atoms with Gasteiger partial charge in [-0.05, 0) is 54.6 Å². The summed E-state index contributed by atoms with van der Waals surface area (Å²) in [5.41, 5.74) is -1.77. The van der Waals surface area contributed by atoms with Crippen LogP contribution in [0.2, 0.25) is 0 Å². The molecule has 3 amide bonds. The minimum Gasteiger partial charge on any atom is -0.467 e. The van der Waals surface area contributed by atoms with E-state index in [-0.39, 0.29) is 36.7 Å². The number of hydrogen-bond donors (Lipinski definition) is 2. The van der Waals surface area contributed by atoms with Gasteiger partial charge in [0.15, 0.2) is 0 Å². The lowest BCUT2D eigenvalue weighted by atomic mass is 10.1. The van der Waals surface area contributed by atoms with Gasteiger partial charge in [0, 0.05) is 24.2 Å². The lowest BCUT2D eigenvalue weighted by Gasteiger charge is -2.18. The van der Waals surface area contributed by atoms with E-state index in [4.69, 9.17) is 4.42 Å². The predicted molar refractivity (Wildman–Crippen MR) is 117 cm³/mol. The third-order valence-corrected chi connectivity index (χ3v) is 5.46. The molecule has 0 saturated carbocycles. The van der Waals surface area contributed by atoms with Crippen LogP contribution in [0, 0.1) is 11.7 Å². The molecule has 2 aromatic carbocycles. The van der Waals surface area contributed by atoms with Gasteiger partial charge in [-0.25, -0.2) is 4.39 Å². The Labute approximate surface area is 196 Å². The maximum absolute atomic E-state index is 13.7. The predicted octanol–water partition coefficient (Wildman–Crippen LogP) is 4.68. The molecule has 1 atom stereocenters. The summed E-state index contributed by atoms with van der Waals surface area (Å²) in [6.07, 6.45) is -3.53. The van der Waals surface area contributed by atoms with Crippen molar-refractivity contribution in [2.24, 2.45) is 5.92 Å². The topological polar surface area (TPSA) is 91.7 Å². The molecule has 0 spiro atoms. The number of amides is 3. The van der Waals surface area contributed by atoms with Crippen molar-refractivity contribution in [1.29, 1.82) is 0 Å². The second-order valence-electron chi connectivity index (χ2n) is 7.96. The third kappa shape index (κ3) is 5.68. The number of benzene rings is 2. The monoisotopic (exact) mass is 489 g/mol. The number of hydrogen-bond acceptors (Lipinski definition) is 4. The van der Waals surface area contributed by atoms with Gasteiger partial charge in [0.2, 0.25) is 11.8 Å². The number of carbonyl (C=O) groups is 3.